The molecule has 0 aromatic heterocycles. The number of rotatable bonds is 4. The van der Waals surface area contributed by atoms with Crippen molar-refractivity contribution in [3.8, 4) is 0 Å². The van der Waals surface area contributed by atoms with Crippen LogP contribution in [0.3, 0.4) is 0 Å². The first-order valence-electron chi connectivity index (χ1n) is 7.65. The maximum Gasteiger partial charge on any atom is 0.214 e. The Hall–Kier alpha value is -1.83. The molecule has 0 N–H and O–H groups in total. The fraction of sp³-hybridized carbons (Fsp3) is 0.389. The third kappa shape index (κ3) is 1.67. The van der Waals surface area contributed by atoms with Gasteiger partial charge in [0, 0.05) is 37.2 Å². The summed E-state index contributed by atoms with van der Waals surface area (Å²) in [5.74, 6) is 0. The second kappa shape index (κ2) is 4.93. The Kier molecular flexibility index (Phi) is 3.25. The monoisotopic (exact) mass is 267 g/mol. The summed E-state index contributed by atoms with van der Waals surface area (Å²) >= 11 is 0. The lowest BCUT2D eigenvalue weighted by Gasteiger charge is -2.22. The van der Waals surface area contributed by atoms with Crippen molar-refractivity contribution in [3.05, 3.63) is 35.9 Å². The zero-order chi connectivity index (χ0) is 14.3. The van der Waals surface area contributed by atoms with Crippen LogP contribution in [0.15, 0.2) is 30.3 Å². The van der Waals surface area contributed by atoms with E-state index in [1.54, 1.807) is 0 Å². The number of hydrogen-bond donors (Lipinski definition) is 0. The molecule has 0 fully saturated rings. The Morgan fingerprint density at radius 1 is 1.00 bits per heavy atom. The Labute approximate surface area is 121 Å². The van der Waals surface area contributed by atoms with E-state index in [4.69, 9.17) is 0 Å². The van der Waals surface area contributed by atoms with Gasteiger partial charge in [-0.2, -0.15) is 4.58 Å². The van der Waals surface area contributed by atoms with Gasteiger partial charge in [-0.1, -0.05) is 12.1 Å². The van der Waals surface area contributed by atoms with Crippen molar-refractivity contribution >= 4 is 27.9 Å². The van der Waals surface area contributed by atoms with Gasteiger partial charge in [0.05, 0.1) is 10.9 Å². The molecular weight excluding hydrogens is 244 g/mol. The van der Waals surface area contributed by atoms with Crippen molar-refractivity contribution < 1.29 is 4.58 Å². The fourth-order valence-electron chi connectivity index (χ4n) is 3.47. The van der Waals surface area contributed by atoms with E-state index >= 15 is 0 Å². The maximum atomic E-state index is 2.44. The molecule has 2 aromatic carbocycles. The van der Waals surface area contributed by atoms with Gasteiger partial charge >= 0.3 is 0 Å². The first kappa shape index (κ1) is 13.2. The van der Waals surface area contributed by atoms with Crippen molar-refractivity contribution in [1.82, 2.24) is 0 Å². The maximum absolute atomic E-state index is 2.44. The molecule has 104 valence electrons. The fourth-order valence-corrected chi connectivity index (χ4v) is 3.47. The van der Waals surface area contributed by atoms with E-state index in [2.05, 4.69) is 67.5 Å². The third-order valence-corrected chi connectivity index (χ3v) is 4.50. The van der Waals surface area contributed by atoms with Gasteiger partial charge in [-0.3, -0.25) is 0 Å². The molecule has 2 heteroatoms. The zero-order valence-corrected chi connectivity index (χ0v) is 12.9. The van der Waals surface area contributed by atoms with Gasteiger partial charge in [0.2, 0.25) is 5.69 Å². The van der Waals surface area contributed by atoms with Crippen molar-refractivity contribution in [1.29, 1.82) is 0 Å². The first-order valence-corrected chi connectivity index (χ1v) is 7.65. The predicted octanol–water partition coefficient (Wildman–Crippen LogP) is 4.17. The minimum atomic E-state index is 1.03. The topological polar surface area (TPSA) is 6.25 Å². The molecule has 3 rings (SSSR count). The third-order valence-electron chi connectivity index (χ3n) is 4.50. The molecule has 0 aliphatic carbocycles. The summed E-state index contributed by atoms with van der Waals surface area (Å²) < 4.78 is 2.42. The summed E-state index contributed by atoms with van der Waals surface area (Å²) in [6.07, 6.45) is 0. The summed E-state index contributed by atoms with van der Waals surface area (Å²) in [4.78, 5) is 2.44. The van der Waals surface area contributed by atoms with Gasteiger partial charge in [-0.25, -0.2) is 0 Å². The van der Waals surface area contributed by atoms with E-state index in [-0.39, 0.29) is 0 Å². The number of nitrogens with zero attached hydrogens (tertiary/aromatic N) is 2. The quantitative estimate of drug-likeness (QED) is 0.753. The van der Waals surface area contributed by atoms with Crippen LogP contribution in [0.1, 0.15) is 33.3 Å². The van der Waals surface area contributed by atoms with Gasteiger partial charge in [-0.05, 0) is 32.9 Å². The van der Waals surface area contributed by atoms with Crippen LogP contribution in [0.5, 0.6) is 0 Å². The van der Waals surface area contributed by atoms with E-state index < -0.39 is 0 Å². The normalized spacial score (nSPS) is 13.4. The molecule has 1 aliphatic heterocycles. The van der Waals surface area contributed by atoms with Crippen molar-refractivity contribution in [2.24, 2.45) is 0 Å². The van der Waals surface area contributed by atoms with Crippen LogP contribution in [0.2, 0.25) is 0 Å². The van der Waals surface area contributed by atoms with Crippen molar-refractivity contribution in [2.75, 3.05) is 24.5 Å². The lowest BCUT2D eigenvalue weighted by Crippen LogP contribution is -2.22. The summed E-state index contributed by atoms with van der Waals surface area (Å²) in [6.45, 7) is 12.0. The highest BCUT2D eigenvalue weighted by atomic mass is 15.1. The molecule has 1 heterocycles. The van der Waals surface area contributed by atoms with Gasteiger partial charge in [0.25, 0.3) is 0 Å². The molecule has 2 aromatic rings. The Morgan fingerprint density at radius 2 is 1.75 bits per heavy atom. The van der Waals surface area contributed by atoms with E-state index in [9.17, 15) is 0 Å². The average molecular weight is 267 g/mol. The molecule has 0 amide bonds. The second-order valence-electron chi connectivity index (χ2n) is 5.33. The van der Waals surface area contributed by atoms with E-state index in [0.29, 0.717) is 0 Å². The highest BCUT2D eigenvalue weighted by molar-refractivity contribution is 6.17. The average Bonchev–Trinajstić information content (AvgIpc) is 2.76. The second-order valence-corrected chi connectivity index (χ2v) is 5.33. The number of anilines is 1. The first-order chi connectivity index (χ1) is 9.72. The SMILES string of the molecule is CCN(CC)c1ccc2c3c(cccc13)C(C)=[N+]2CC. The van der Waals surface area contributed by atoms with Gasteiger partial charge < -0.3 is 4.90 Å². The van der Waals surface area contributed by atoms with Gasteiger partial charge in [0.15, 0.2) is 5.71 Å². The molecule has 1 aliphatic rings. The lowest BCUT2D eigenvalue weighted by molar-refractivity contribution is -0.432. The molecule has 0 saturated carbocycles. The number of benzene rings is 2. The molecular formula is C18H23N2+. The van der Waals surface area contributed by atoms with Crippen LogP contribution in [0, 0.1) is 0 Å². The van der Waals surface area contributed by atoms with Crippen LogP contribution in [-0.4, -0.2) is 29.9 Å². The minimum absolute atomic E-state index is 1.03. The molecule has 0 radical (unpaired) electrons. The molecule has 0 spiro atoms. The zero-order valence-electron chi connectivity index (χ0n) is 12.9. The van der Waals surface area contributed by atoms with Gasteiger partial charge in [0.1, 0.15) is 6.54 Å². The molecule has 0 saturated heterocycles. The summed E-state index contributed by atoms with van der Waals surface area (Å²) in [6, 6.07) is 11.3. The van der Waals surface area contributed by atoms with E-state index in [0.717, 1.165) is 19.6 Å². The molecule has 20 heavy (non-hydrogen) atoms. The predicted molar refractivity (Wildman–Crippen MR) is 87.8 cm³/mol. The van der Waals surface area contributed by atoms with Gasteiger partial charge in [-0.15, -0.1) is 0 Å². The van der Waals surface area contributed by atoms with E-state index in [1.165, 1.54) is 33.4 Å². The Bertz CT molecular complexity index is 694. The van der Waals surface area contributed by atoms with Crippen LogP contribution in [-0.2, 0) is 0 Å². The Balaban J connectivity index is 2.32. The Morgan fingerprint density at radius 3 is 2.40 bits per heavy atom. The molecule has 0 unspecified atom stereocenters. The summed E-state index contributed by atoms with van der Waals surface area (Å²) in [5.41, 5.74) is 5.51. The molecule has 0 bridgehead atoms. The smallest absolute Gasteiger partial charge is 0.214 e. The van der Waals surface area contributed by atoms with Crippen molar-refractivity contribution in [3.63, 3.8) is 0 Å². The number of hydrogen-bond acceptors (Lipinski definition) is 1. The largest absolute Gasteiger partial charge is 0.372 e. The molecule has 2 nitrogen and oxygen atoms in total. The lowest BCUT2D eigenvalue weighted by atomic mass is 10.0. The van der Waals surface area contributed by atoms with Crippen LogP contribution >= 0.6 is 0 Å². The standard InChI is InChI=1S/C18H23N2/c1-5-19(6-2)16-11-12-17-18-14(9-8-10-15(16)18)13(4)20(17)7-3/h8-12H,5-7H2,1-4H3/q+1. The van der Waals surface area contributed by atoms with Crippen LogP contribution in [0.25, 0.3) is 10.8 Å². The van der Waals surface area contributed by atoms with Crippen LogP contribution in [0.4, 0.5) is 11.4 Å². The highest BCUT2D eigenvalue weighted by Gasteiger charge is 2.29. The van der Waals surface area contributed by atoms with Crippen LogP contribution < -0.4 is 4.90 Å². The van der Waals surface area contributed by atoms with Crippen molar-refractivity contribution in [2.45, 2.75) is 27.7 Å². The minimum Gasteiger partial charge on any atom is -0.372 e. The van der Waals surface area contributed by atoms with E-state index in [1.807, 2.05) is 0 Å². The molecule has 0 atom stereocenters. The highest BCUT2D eigenvalue weighted by Crippen LogP contribution is 2.39. The summed E-state index contributed by atoms with van der Waals surface area (Å²) in [7, 11) is 0. The summed E-state index contributed by atoms with van der Waals surface area (Å²) in [5, 5.41) is 2.82.